The van der Waals surface area contributed by atoms with E-state index in [2.05, 4.69) is 45.3 Å². The first-order valence-electron chi connectivity index (χ1n) is 8.20. The number of hydrogen-bond acceptors (Lipinski definition) is 3. The minimum atomic E-state index is -0.357. The average molecular weight is 364 g/mol. The quantitative estimate of drug-likeness (QED) is 0.441. The Kier molecular flexibility index (Phi) is 7.55. The van der Waals surface area contributed by atoms with Crippen molar-refractivity contribution >= 4 is 5.69 Å². The van der Waals surface area contributed by atoms with Crippen molar-refractivity contribution in [3.05, 3.63) is 75.3 Å². The molecule has 0 saturated heterocycles. The van der Waals surface area contributed by atoms with Crippen molar-refractivity contribution < 1.29 is 21.8 Å². The number of rotatable bonds is 7. The molecule has 0 amide bonds. The Hall–Kier alpha value is -1.95. The predicted molar refractivity (Wildman–Crippen MR) is 96.5 cm³/mol. The number of aryl methyl sites for hydroxylation is 1. The van der Waals surface area contributed by atoms with Crippen LogP contribution in [0.2, 0.25) is 0 Å². The molecule has 0 bridgehead atoms. The molecule has 1 unspecified atom stereocenters. The van der Waals surface area contributed by atoms with E-state index in [1.165, 1.54) is 11.6 Å². The van der Waals surface area contributed by atoms with Gasteiger partial charge in [-0.25, -0.2) is 0 Å². The number of quaternary nitrogens is 1. The van der Waals surface area contributed by atoms with Crippen molar-refractivity contribution in [3.8, 4) is 0 Å². The summed E-state index contributed by atoms with van der Waals surface area (Å²) in [5.41, 5.74) is 9.88. The summed E-state index contributed by atoms with van der Waals surface area (Å²) < 4.78 is 0.665. The zero-order chi connectivity index (χ0) is 17.7. The average Bonchev–Trinajstić information content (AvgIpc) is 2.54. The van der Waals surface area contributed by atoms with E-state index in [-0.39, 0.29) is 29.1 Å². The van der Waals surface area contributed by atoms with E-state index in [1.807, 2.05) is 6.07 Å². The summed E-state index contributed by atoms with van der Waals surface area (Å²) in [6, 6.07) is 15.2. The molecule has 0 aliphatic carbocycles. The zero-order valence-corrected chi connectivity index (χ0v) is 15.7. The number of nitro groups is 1. The summed E-state index contributed by atoms with van der Waals surface area (Å²) in [6.45, 7) is 3.59. The molecule has 136 valence electrons. The molecular weight excluding hydrogens is 338 g/mol. The second kappa shape index (κ2) is 8.94. The van der Waals surface area contributed by atoms with E-state index in [0.29, 0.717) is 11.0 Å². The van der Waals surface area contributed by atoms with Gasteiger partial charge in [0.05, 0.1) is 31.6 Å². The molecule has 0 aromatic heterocycles. The van der Waals surface area contributed by atoms with Gasteiger partial charge in [0.2, 0.25) is 0 Å². The molecule has 0 spiro atoms. The summed E-state index contributed by atoms with van der Waals surface area (Å²) in [7, 11) is 4.19. The van der Waals surface area contributed by atoms with Crippen molar-refractivity contribution in [1.82, 2.24) is 0 Å². The first-order valence-corrected chi connectivity index (χ1v) is 8.20. The molecule has 0 aliphatic heterocycles. The number of hydrogen-bond donors (Lipinski definition) is 1. The lowest BCUT2D eigenvalue weighted by Gasteiger charge is -2.32. The number of nitrogens with two attached hydrogens (primary N) is 1. The summed E-state index contributed by atoms with van der Waals surface area (Å²) in [5.74, 6) is 0. The van der Waals surface area contributed by atoms with E-state index in [4.69, 9.17) is 5.73 Å². The SMILES string of the molecule is CCc1ccc(C(N)C[N+](C)(C)Cc2cccc([N+](=O)[O-])c2)cc1.[Cl-]. The molecule has 2 N–H and O–H groups in total. The van der Waals surface area contributed by atoms with Crippen LogP contribution in [0.1, 0.15) is 29.7 Å². The van der Waals surface area contributed by atoms with Crippen molar-refractivity contribution in [3.63, 3.8) is 0 Å². The van der Waals surface area contributed by atoms with Gasteiger partial charge in [0.1, 0.15) is 6.54 Å². The van der Waals surface area contributed by atoms with E-state index in [9.17, 15) is 10.1 Å². The maximum atomic E-state index is 10.9. The second-order valence-corrected chi connectivity index (χ2v) is 6.91. The Balaban J connectivity index is 0.00000312. The molecule has 0 radical (unpaired) electrons. The van der Waals surface area contributed by atoms with Gasteiger partial charge >= 0.3 is 0 Å². The predicted octanol–water partition coefficient (Wildman–Crippen LogP) is 0.438. The van der Waals surface area contributed by atoms with Crippen molar-refractivity contribution in [2.75, 3.05) is 20.6 Å². The van der Waals surface area contributed by atoms with Gasteiger partial charge in [-0.3, -0.25) is 10.1 Å². The molecule has 0 fully saturated rings. The van der Waals surface area contributed by atoms with Crippen LogP contribution < -0.4 is 18.1 Å². The van der Waals surface area contributed by atoms with Crippen LogP contribution in [0.15, 0.2) is 48.5 Å². The summed E-state index contributed by atoms with van der Waals surface area (Å²) in [5, 5.41) is 10.9. The lowest BCUT2D eigenvalue weighted by atomic mass is 10.0. The smallest absolute Gasteiger partial charge is 0.269 e. The van der Waals surface area contributed by atoms with Gasteiger partial charge in [-0.05, 0) is 17.5 Å². The lowest BCUT2D eigenvalue weighted by molar-refractivity contribution is -0.905. The van der Waals surface area contributed by atoms with E-state index < -0.39 is 0 Å². The highest BCUT2D eigenvalue weighted by Gasteiger charge is 2.22. The molecule has 0 saturated carbocycles. The molecular formula is C19H26ClN3O2. The Morgan fingerprint density at radius 1 is 1.12 bits per heavy atom. The maximum absolute atomic E-state index is 10.9. The number of nitrogens with zero attached hydrogens (tertiary/aromatic N) is 2. The lowest BCUT2D eigenvalue weighted by Crippen LogP contribution is -3.00. The highest BCUT2D eigenvalue weighted by molar-refractivity contribution is 5.33. The number of benzene rings is 2. The molecule has 2 rings (SSSR count). The second-order valence-electron chi connectivity index (χ2n) is 6.91. The van der Waals surface area contributed by atoms with Gasteiger partial charge in [-0.1, -0.05) is 43.3 Å². The summed E-state index contributed by atoms with van der Waals surface area (Å²) in [6.07, 6.45) is 1.02. The largest absolute Gasteiger partial charge is 1.00 e. The minimum absolute atomic E-state index is 0. The Labute approximate surface area is 155 Å². The van der Waals surface area contributed by atoms with Crippen LogP contribution in [-0.4, -0.2) is 30.0 Å². The molecule has 2 aromatic rings. The monoisotopic (exact) mass is 363 g/mol. The normalized spacial score (nSPS) is 12.3. The topological polar surface area (TPSA) is 69.2 Å². The fourth-order valence-corrected chi connectivity index (χ4v) is 2.97. The van der Waals surface area contributed by atoms with Gasteiger partial charge in [0, 0.05) is 17.7 Å². The minimum Gasteiger partial charge on any atom is -1.00 e. The third kappa shape index (κ3) is 6.12. The summed E-state index contributed by atoms with van der Waals surface area (Å²) >= 11 is 0. The van der Waals surface area contributed by atoms with Crippen LogP contribution in [0.4, 0.5) is 5.69 Å². The number of non-ortho nitro benzene ring substituents is 1. The van der Waals surface area contributed by atoms with Crippen LogP contribution in [0.25, 0.3) is 0 Å². The molecule has 1 atom stereocenters. The molecule has 0 aliphatic rings. The van der Waals surface area contributed by atoms with E-state index in [0.717, 1.165) is 24.1 Å². The van der Waals surface area contributed by atoms with Gasteiger partial charge in [-0.2, -0.15) is 0 Å². The standard InChI is InChI=1S/C19H26N3O2.ClH/c1-4-15-8-10-17(11-9-15)19(20)14-22(2,3)13-16-6-5-7-18(12-16)21(23)24;/h5-12,19H,4,13-14,20H2,1-3H3;1H/q+1;/p-1. The fourth-order valence-electron chi connectivity index (χ4n) is 2.97. The molecule has 6 heteroatoms. The van der Waals surface area contributed by atoms with Gasteiger partial charge < -0.3 is 22.6 Å². The fraction of sp³-hybridized carbons (Fsp3) is 0.368. The van der Waals surface area contributed by atoms with Crippen LogP contribution in [0.3, 0.4) is 0 Å². The first-order chi connectivity index (χ1) is 11.3. The van der Waals surface area contributed by atoms with Gasteiger partial charge in [0.15, 0.2) is 0 Å². The van der Waals surface area contributed by atoms with Crippen LogP contribution >= 0.6 is 0 Å². The number of likely N-dealkylation sites (N-methyl/N-ethyl adjacent to an activating group) is 1. The van der Waals surface area contributed by atoms with Crippen LogP contribution in [0, 0.1) is 10.1 Å². The third-order valence-corrected chi connectivity index (χ3v) is 4.24. The highest BCUT2D eigenvalue weighted by atomic mass is 35.5. The molecule has 0 heterocycles. The van der Waals surface area contributed by atoms with Gasteiger partial charge in [-0.15, -0.1) is 0 Å². The maximum Gasteiger partial charge on any atom is 0.269 e. The first kappa shape index (κ1) is 21.1. The zero-order valence-electron chi connectivity index (χ0n) is 15.0. The van der Waals surface area contributed by atoms with E-state index in [1.54, 1.807) is 12.1 Å². The Bertz CT molecular complexity index is 702. The van der Waals surface area contributed by atoms with Crippen LogP contribution in [0.5, 0.6) is 0 Å². The van der Waals surface area contributed by atoms with Crippen molar-refractivity contribution in [2.24, 2.45) is 5.73 Å². The molecule has 2 aromatic carbocycles. The molecule has 25 heavy (non-hydrogen) atoms. The third-order valence-electron chi connectivity index (χ3n) is 4.24. The Morgan fingerprint density at radius 3 is 2.32 bits per heavy atom. The number of nitro benzene ring substituents is 1. The molecule has 5 nitrogen and oxygen atoms in total. The van der Waals surface area contributed by atoms with Crippen molar-refractivity contribution in [1.29, 1.82) is 0 Å². The highest BCUT2D eigenvalue weighted by Crippen LogP contribution is 2.20. The number of halogens is 1. The van der Waals surface area contributed by atoms with Crippen molar-refractivity contribution in [2.45, 2.75) is 25.9 Å². The van der Waals surface area contributed by atoms with E-state index >= 15 is 0 Å². The Morgan fingerprint density at radius 2 is 1.76 bits per heavy atom. The summed E-state index contributed by atoms with van der Waals surface area (Å²) in [4.78, 5) is 10.6. The van der Waals surface area contributed by atoms with Crippen LogP contribution in [-0.2, 0) is 13.0 Å². The van der Waals surface area contributed by atoms with Gasteiger partial charge in [0.25, 0.3) is 5.69 Å².